The molecule has 0 aliphatic rings. The molecule has 0 bridgehead atoms. The minimum absolute atomic E-state index is 0.00421. The largest absolute Gasteiger partial charge is 0.494 e. The minimum Gasteiger partial charge on any atom is -0.494 e. The minimum atomic E-state index is -0.684. The Bertz CT molecular complexity index is 1110. The van der Waals surface area contributed by atoms with E-state index in [1.807, 2.05) is 17.5 Å². The van der Waals surface area contributed by atoms with Crippen LogP contribution in [0.4, 0.5) is 20.2 Å². The first kappa shape index (κ1) is 21.2. The molecule has 30 heavy (non-hydrogen) atoms. The molecule has 1 amide bonds. The predicted octanol–water partition coefficient (Wildman–Crippen LogP) is 4.88. The molecule has 0 saturated heterocycles. The monoisotopic (exact) mass is 427 g/mol. The number of carbonyl (C=O) groups excluding carboxylic acids is 1. The zero-order chi connectivity index (χ0) is 21.7. The Morgan fingerprint density at radius 1 is 1.23 bits per heavy atom. The fourth-order valence-electron chi connectivity index (χ4n) is 2.73. The Labute approximate surface area is 176 Å². The Balaban J connectivity index is 1.78. The van der Waals surface area contributed by atoms with Gasteiger partial charge in [0.25, 0.3) is 0 Å². The molecule has 0 aliphatic carbocycles. The number of thiophene rings is 1. The highest BCUT2D eigenvalue weighted by molar-refractivity contribution is 7.10. The smallest absolute Gasteiger partial charge is 0.229 e. The SMILES string of the molecule is COc1cc(/C=C/C(=N)c2cc(NC(=O)Cc3cccs3)c(F)cc2N)ccc1F. The van der Waals surface area contributed by atoms with Gasteiger partial charge in [0.05, 0.1) is 24.9 Å². The van der Waals surface area contributed by atoms with Gasteiger partial charge in [-0.15, -0.1) is 11.3 Å². The van der Waals surface area contributed by atoms with Gasteiger partial charge in [0.15, 0.2) is 11.6 Å². The van der Waals surface area contributed by atoms with Crippen LogP contribution in [0.3, 0.4) is 0 Å². The Morgan fingerprint density at radius 2 is 2.03 bits per heavy atom. The van der Waals surface area contributed by atoms with E-state index in [1.54, 1.807) is 6.08 Å². The normalized spacial score (nSPS) is 10.9. The van der Waals surface area contributed by atoms with Crippen molar-refractivity contribution in [3.8, 4) is 5.75 Å². The first-order valence-corrected chi connectivity index (χ1v) is 9.77. The molecule has 0 spiro atoms. The highest BCUT2D eigenvalue weighted by Gasteiger charge is 2.13. The van der Waals surface area contributed by atoms with E-state index in [0.717, 1.165) is 10.9 Å². The molecule has 8 heteroatoms. The number of benzene rings is 2. The highest BCUT2D eigenvalue weighted by atomic mass is 32.1. The van der Waals surface area contributed by atoms with E-state index >= 15 is 0 Å². The van der Waals surface area contributed by atoms with E-state index in [2.05, 4.69) is 5.32 Å². The molecule has 1 heterocycles. The van der Waals surface area contributed by atoms with Crippen LogP contribution in [-0.2, 0) is 11.2 Å². The first-order chi connectivity index (χ1) is 14.4. The third-order valence-corrected chi connectivity index (χ3v) is 5.11. The number of hydrogen-bond acceptors (Lipinski definition) is 5. The standard InChI is InChI=1S/C22H19F2N3O2S/c1-29-21-9-13(4-6-16(21)23)5-7-18(25)15-11-20(17(24)12-19(15)26)27-22(28)10-14-3-2-8-30-14/h2-9,11-12,25H,10,26H2,1H3,(H,27,28)/b7-5+,25-18?. The zero-order valence-electron chi connectivity index (χ0n) is 16.0. The molecule has 3 aromatic rings. The van der Waals surface area contributed by atoms with Crippen molar-refractivity contribution < 1.29 is 18.3 Å². The Hall–Kier alpha value is -3.52. The summed E-state index contributed by atoms with van der Waals surface area (Å²) in [6.07, 6.45) is 3.16. The summed E-state index contributed by atoms with van der Waals surface area (Å²) in [6, 6.07) is 10.3. The van der Waals surface area contributed by atoms with Gasteiger partial charge < -0.3 is 21.2 Å². The van der Waals surface area contributed by atoms with Gasteiger partial charge in [-0.3, -0.25) is 4.79 Å². The second-order valence-corrected chi connectivity index (χ2v) is 7.40. The Kier molecular flexibility index (Phi) is 6.58. The van der Waals surface area contributed by atoms with Crippen LogP contribution in [0.1, 0.15) is 16.0 Å². The molecule has 4 N–H and O–H groups in total. The summed E-state index contributed by atoms with van der Waals surface area (Å²) in [7, 11) is 1.36. The number of rotatable bonds is 7. The van der Waals surface area contributed by atoms with Crippen LogP contribution >= 0.6 is 11.3 Å². The molecule has 0 atom stereocenters. The average molecular weight is 427 g/mol. The molecule has 2 aromatic carbocycles. The maximum Gasteiger partial charge on any atom is 0.229 e. The van der Waals surface area contributed by atoms with E-state index in [0.29, 0.717) is 5.56 Å². The first-order valence-electron chi connectivity index (χ1n) is 8.89. The molecule has 0 saturated carbocycles. The van der Waals surface area contributed by atoms with Gasteiger partial charge >= 0.3 is 0 Å². The third-order valence-electron chi connectivity index (χ3n) is 4.24. The van der Waals surface area contributed by atoms with Crippen molar-refractivity contribution in [2.45, 2.75) is 6.42 Å². The van der Waals surface area contributed by atoms with Crippen molar-refractivity contribution >= 4 is 40.4 Å². The molecule has 0 fully saturated rings. The molecule has 0 radical (unpaired) electrons. The number of methoxy groups -OCH3 is 1. The fraction of sp³-hybridized carbons (Fsp3) is 0.0909. The maximum absolute atomic E-state index is 14.3. The molecule has 5 nitrogen and oxygen atoms in total. The van der Waals surface area contributed by atoms with Gasteiger partial charge in [-0.25, -0.2) is 8.78 Å². The van der Waals surface area contributed by atoms with E-state index in [9.17, 15) is 13.6 Å². The van der Waals surface area contributed by atoms with Crippen LogP contribution in [0.2, 0.25) is 0 Å². The molecule has 3 rings (SSSR count). The number of nitrogen functional groups attached to an aromatic ring is 1. The van der Waals surface area contributed by atoms with Crippen molar-refractivity contribution in [2.75, 3.05) is 18.2 Å². The number of anilines is 2. The number of hydrogen-bond donors (Lipinski definition) is 3. The predicted molar refractivity (Wildman–Crippen MR) is 116 cm³/mol. The number of nitrogens with two attached hydrogens (primary N) is 1. The number of carbonyl (C=O) groups is 1. The summed E-state index contributed by atoms with van der Waals surface area (Å²) in [6.45, 7) is 0. The number of halogens is 2. The summed E-state index contributed by atoms with van der Waals surface area (Å²) >= 11 is 1.43. The summed E-state index contributed by atoms with van der Waals surface area (Å²) in [5.41, 5.74) is 6.76. The number of ether oxygens (including phenoxy) is 1. The molecule has 0 aliphatic heterocycles. The molecule has 0 unspecified atom stereocenters. The van der Waals surface area contributed by atoms with Crippen LogP contribution in [-0.4, -0.2) is 18.7 Å². The van der Waals surface area contributed by atoms with Crippen LogP contribution < -0.4 is 15.8 Å². The van der Waals surface area contributed by atoms with Crippen LogP contribution in [0.5, 0.6) is 5.75 Å². The molecule has 154 valence electrons. The van der Waals surface area contributed by atoms with Crippen LogP contribution in [0.15, 0.2) is 53.9 Å². The van der Waals surface area contributed by atoms with Gasteiger partial charge in [0, 0.05) is 16.1 Å². The number of nitrogens with one attached hydrogen (secondary N) is 2. The zero-order valence-corrected chi connectivity index (χ0v) is 16.9. The highest BCUT2D eigenvalue weighted by Crippen LogP contribution is 2.24. The van der Waals surface area contributed by atoms with E-state index < -0.39 is 11.6 Å². The second kappa shape index (κ2) is 9.32. The van der Waals surface area contributed by atoms with Crippen molar-refractivity contribution in [3.63, 3.8) is 0 Å². The Morgan fingerprint density at radius 3 is 2.73 bits per heavy atom. The lowest BCUT2D eigenvalue weighted by Gasteiger charge is -2.11. The van der Waals surface area contributed by atoms with Crippen molar-refractivity contribution in [1.82, 2.24) is 0 Å². The van der Waals surface area contributed by atoms with Crippen molar-refractivity contribution in [1.29, 1.82) is 5.41 Å². The molecular weight excluding hydrogens is 408 g/mol. The second-order valence-electron chi connectivity index (χ2n) is 6.36. The average Bonchev–Trinajstić information content (AvgIpc) is 3.22. The van der Waals surface area contributed by atoms with E-state index in [-0.39, 0.29) is 40.7 Å². The quantitative estimate of drug-likeness (QED) is 0.371. The van der Waals surface area contributed by atoms with Gasteiger partial charge in [-0.1, -0.05) is 18.2 Å². The summed E-state index contributed by atoms with van der Waals surface area (Å²) < 4.78 is 32.7. The molecular formula is C22H19F2N3O2S. The lowest BCUT2D eigenvalue weighted by atomic mass is 10.0. The topological polar surface area (TPSA) is 88.2 Å². The van der Waals surface area contributed by atoms with Crippen molar-refractivity contribution in [2.24, 2.45) is 0 Å². The lowest BCUT2D eigenvalue weighted by molar-refractivity contribution is -0.115. The van der Waals surface area contributed by atoms with Crippen LogP contribution in [0, 0.1) is 17.0 Å². The van der Waals surface area contributed by atoms with Crippen molar-refractivity contribution in [3.05, 3.63) is 81.6 Å². The van der Waals surface area contributed by atoms with Gasteiger partial charge in [-0.05, 0) is 47.4 Å². The fourth-order valence-corrected chi connectivity index (χ4v) is 3.44. The summed E-state index contributed by atoms with van der Waals surface area (Å²) in [5.74, 6) is -1.46. The maximum atomic E-state index is 14.3. The van der Waals surface area contributed by atoms with Gasteiger partial charge in [0.2, 0.25) is 5.91 Å². The molecule has 1 aromatic heterocycles. The van der Waals surface area contributed by atoms with Crippen LogP contribution in [0.25, 0.3) is 6.08 Å². The third kappa shape index (κ3) is 5.09. The van der Waals surface area contributed by atoms with E-state index in [4.69, 9.17) is 15.9 Å². The summed E-state index contributed by atoms with van der Waals surface area (Å²) in [5, 5.41) is 12.6. The van der Waals surface area contributed by atoms with Gasteiger partial charge in [0.1, 0.15) is 5.82 Å². The number of allylic oxidation sites excluding steroid dienone is 1. The van der Waals surface area contributed by atoms with Gasteiger partial charge in [-0.2, -0.15) is 0 Å². The number of amides is 1. The van der Waals surface area contributed by atoms with E-state index in [1.165, 1.54) is 48.8 Å². The lowest BCUT2D eigenvalue weighted by Crippen LogP contribution is -2.16. The summed E-state index contributed by atoms with van der Waals surface area (Å²) in [4.78, 5) is 13.0.